The van der Waals surface area contributed by atoms with Crippen molar-refractivity contribution in [2.75, 3.05) is 19.1 Å². The first-order valence-electron chi connectivity index (χ1n) is 4.60. The summed E-state index contributed by atoms with van der Waals surface area (Å²) in [6.07, 6.45) is 0. The van der Waals surface area contributed by atoms with Crippen molar-refractivity contribution < 1.29 is 14.3 Å². The summed E-state index contributed by atoms with van der Waals surface area (Å²) in [5.74, 6) is 1.80. The van der Waals surface area contributed by atoms with E-state index in [1.165, 1.54) is 0 Å². The molecule has 0 fully saturated rings. The lowest BCUT2D eigenvalue weighted by Crippen LogP contribution is -2.25. The van der Waals surface area contributed by atoms with Gasteiger partial charge in [0.25, 0.3) is 5.91 Å². The Kier molecular flexibility index (Phi) is 3.01. The van der Waals surface area contributed by atoms with E-state index < -0.39 is 0 Å². The van der Waals surface area contributed by atoms with Gasteiger partial charge < -0.3 is 14.8 Å². The van der Waals surface area contributed by atoms with Crippen molar-refractivity contribution in [3.63, 3.8) is 0 Å². The smallest absolute Gasteiger partial charge is 0.251 e. The summed E-state index contributed by atoms with van der Waals surface area (Å²) in [6, 6.07) is 5.12. The number of carbonyl (C=O) groups is 1. The molecule has 1 aromatic rings. The third kappa shape index (κ3) is 2.18. The van der Waals surface area contributed by atoms with E-state index in [4.69, 9.17) is 9.47 Å². The van der Waals surface area contributed by atoms with E-state index in [0.717, 1.165) is 0 Å². The maximum atomic E-state index is 11.6. The van der Waals surface area contributed by atoms with Crippen LogP contribution in [0.2, 0.25) is 0 Å². The zero-order valence-corrected chi connectivity index (χ0v) is 8.92. The second kappa shape index (κ2) is 4.44. The number of carbonyl (C=O) groups excluding carboxylic acids is 1. The van der Waals surface area contributed by atoms with Crippen LogP contribution in [0.4, 0.5) is 0 Å². The highest BCUT2D eigenvalue weighted by molar-refractivity contribution is 7.80. The van der Waals surface area contributed by atoms with Crippen LogP contribution < -0.4 is 14.8 Å². The molecule has 1 aliphatic heterocycles. The quantitative estimate of drug-likeness (QED) is 0.757. The average Bonchev–Trinajstić information content (AvgIpc) is 2.72. The summed E-state index contributed by atoms with van der Waals surface area (Å²) in [5.41, 5.74) is 0.570. The minimum absolute atomic E-state index is 0.123. The monoisotopic (exact) mass is 225 g/mol. The van der Waals surface area contributed by atoms with Gasteiger partial charge in [0.2, 0.25) is 6.79 Å². The van der Waals surface area contributed by atoms with Crippen molar-refractivity contribution in [2.24, 2.45) is 0 Å². The molecule has 15 heavy (non-hydrogen) atoms. The molecular formula is C10H11NO3S. The summed E-state index contributed by atoms with van der Waals surface area (Å²) in [4.78, 5) is 11.6. The zero-order chi connectivity index (χ0) is 10.7. The van der Waals surface area contributed by atoms with E-state index in [2.05, 4.69) is 17.9 Å². The molecule has 5 heteroatoms. The van der Waals surface area contributed by atoms with Gasteiger partial charge >= 0.3 is 0 Å². The van der Waals surface area contributed by atoms with E-state index >= 15 is 0 Å². The largest absolute Gasteiger partial charge is 0.454 e. The summed E-state index contributed by atoms with van der Waals surface area (Å²) in [7, 11) is 0. The Morgan fingerprint density at radius 2 is 2.20 bits per heavy atom. The highest BCUT2D eigenvalue weighted by atomic mass is 32.1. The molecule has 1 amide bonds. The summed E-state index contributed by atoms with van der Waals surface area (Å²) in [5, 5.41) is 2.73. The normalized spacial score (nSPS) is 12.6. The van der Waals surface area contributed by atoms with Crippen LogP contribution >= 0.6 is 12.6 Å². The van der Waals surface area contributed by atoms with Crippen molar-refractivity contribution >= 4 is 18.5 Å². The first kappa shape index (κ1) is 10.2. The van der Waals surface area contributed by atoms with Gasteiger partial charge in [0, 0.05) is 17.9 Å². The summed E-state index contributed by atoms with van der Waals surface area (Å²) in [6.45, 7) is 0.771. The Morgan fingerprint density at radius 3 is 3.00 bits per heavy atom. The van der Waals surface area contributed by atoms with Gasteiger partial charge in [-0.3, -0.25) is 4.79 Å². The first-order chi connectivity index (χ1) is 7.31. The Hall–Kier alpha value is -1.36. The van der Waals surface area contributed by atoms with Crippen molar-refractivity contribution in [3.05, 3.63) is 23.8 Å². The SMILES string of the molecule is O=C(NCCS)c1ccc2c(c1)OCO2. The Morgan fingerprint density at radius 1 is 1.40 bits per heavy atom. The predicted octanol–water partition coefficient (Wildman–Crippen LogP) is 1.07. The minimum atomic E-state index is -0.123. The van der Waals surface area contributed by atoms with Crippen molar-refractivity contribution in [1.29, 1.82) is 0 Å². The highest BCUT2D eigenvalue weighted by Gasteiger charge is 2.15. The minimum Gasteiger partial charge on any atom is -0.454 e. The molecule has 0 radical (unpaired) electrons. The second-order valence-corrected chi connectivity index (χ2v) is 3.49. The zero-order valence-electron chi connectivity index (χ0n) is 8.03. The maximum Gasteiger partial charge on any atom is 0.251 e. The van der Waals surface area contributed by atoms with E-state index in [9.17, 15) is 4.79 Å². The lowest BCUT2D eigenvalue weighted by molar-refractivity contribution is 0.0955. The Bertz CT molecular complexity index is 381. The molecule has 0 saturated carbocycles. The van der Waals surface area contributed by atoms with Gasteiger partial charge in [-0.25, -0.2) is 0 Å². The van der Waals surface area contributed by atoms with Gasteiger partial charge in [-0.2, -0.15) is 12.6 Å². The fraction of sp³-hybridized carbons (Fsp3) is 0.300. The molecule has 0 spiro atoms. The molecule has 0 aliphatic carbocycles. The number of rotatable bonds is 3. The Labute approximate surface area is 93.0 Å². The van der Waals surface area contributed by atoms with Gasteiger partial charge in [0.15, 0.2) is 11.5 Å². The molecule has 1 aliphatic rings. The molecule has 80 valence electrons. The van der Waals surface area contributed by atoms with Gasteiger partial charge in [-0.1, -0.05) is 0 Å². The van der Waals surface area contributed by atoms with Crippen molar-refractivity contribution in [3.8, 4) is 11.5 Å². The standard InChI is InChI=1S/C10H11NO3S/c12-10(11-3-4-15)7-1-2-8-9(5-7)14-6-13-8/h1-2,5,15H,3-4,6H2,(H,11,12). The van der Waals surface area contributed by atoms with Crippen molar-refractivity contribution in [2.45, 2.75) is 0 Å². The van der Waals surface area contributed by atoms with Crippen LogP contribution in [0.15, 0.2) is 18.2 Å². The molecule has 1 N–H and O–H groups in total. The van der Waals surface area contributed by atoms with Crippen LogP contribution in [-0.4, -0.2) is 25.0 Å². The van der Waals surface area contributed by atoms with Gasteiger partial charge in [0.1, 0.15) is 0 Å². The fourth-order valence-corrected chi connectivity index (χ4v) is 1.42. The first-order valence-corrected chi connectivity index (χ1v) is 5.23. The van der Waals surface area contributed by atoms with E-state index in [1.807, 2.05) is 0 Å². The van der Waals surface area contributed by atoms with Crippen LogP contribution in [0.3, 0.4) is 0 Å². The van der Waals surface area contributed by atoms with Crippen molar-refractivity contribution in [1.82, 2.24) is 5.32 Å². The molecule has 0 unspecified atom stereocenters. The number of benzene rings is 1. The predicted molar refractivity (Wildman–Crippen MR) is 58.8 cm³/mol. The van der Waals surface area contributed by atoms with E-state index in [1.54, 1.807) is 18.2 Å². The molecule has 0 atom stereocenters. The van der Waals surface area contributed by atoms with E-state index in [-0.39, 0.29) is 12.7 Å². The number of amides is 1. The molecule has 2 rings (SSSR count). The number of ether oxygens (including phenoxy) is 2. The maximum absolute atomic E-state index is 11.6. The van der Waals surface area contributed by atoms with Crippen LogP contribution in [0.1, 0.15) is 10.4 Å². The molecular weight excluding hydrogens is 214 g/mol. The van der Waals surface area contributed by atoms with Crippen LogP contribution in [0.25, 0.3) is 0 Å². The number of fused-ring (bicyclic) bond motifs is 1. The average molecular weight is 225 g/mol. The number of hydrogen-bond acceptors (Lipinski definition) is 4. The molecule has 1 aromatic carbocycles. The topological polar surface area (TPSA) is 47.6 Å². The fourth-order valence-electron chi connectivity index (χ4n) is 1.31. The number of nitrogens with one attached hydrogen (secondary N) is 1. The highest BCUT2D eigenvalue weighted by Crippen LogP contribution is 2.32. The molecule has 4 nitrogen and oxygen atoms in total. The van der Waals surface area contributed by atoms with Gasteiger partial charge in [-0.05, 0) is 18.2 Å². The lowest BCUT2D eigenvalue weighted by Gasteiger charge is -2.03. The Balaban J connectivity index is 2.12. The van der Waals surface area contributed by atoms with Crippen LogP contribution in [0, 0.1) is 0 Å². The molecule has 0 aromatic heterocycles. The molecule has 1 heterocycles. The molecule has 0 saturated heterocycles. The third-order valence-electron chi connectivity index (χ3n) is 2.03. The number of hydrogen-bond donors (Lipinski definition) is 2. The molecule has 0 bridgehead atoms. The van der Waals surface area contributed by atoms with Gasteiger partial charge in [0.05, 0.1) is 0 Å². The third-order valence-corrected chi connectivity index (χ3v) is 2.26. The summed E-state index contributed by atoms with van der Waals surface area (Å²) < 4.78 is 10.3. The number of thiol groups is 1. The van der Waals surface area contributed by atoms with E-state index in [0.29, 0.717) is 29.4 Å². The summed E-state index contributed by atoms with van der Waals surface area (Å²) >= 11 is 4.01. The second-order valence-electron chi connectivity index (χ2n) is 3.05. The van der Waals surface area contributed by atoms with Gasteiger partial charge in [-0.15, -0.1) is 0 Å². The van der Waals surface area contributed by atoms with Crippen LogP contribution in [0.5, 0.6) is 11.5 Å². The van der Waals surface area contributed by atoms with Crippen LogP contribution in [-0.2, 0) is 0 Å². The lowest BCUT2D eigenvalue weighted by atomic mass is 10.2.